The normalized spacial score (nSPS) is 13.4. The Morgan fingerprint density at radius 2 is 2.11 bits per heavy atom. The number of rotatable bonds is 5. The zero-order chi connectivity index (χ0) is 14.4. The average Bonchev–Trinajstić information content (AvgIpc) is 2.34. The van der Waals surface area contributed by atoms with Crippen molar-refractivity contribution in [1.82, 2.24) is 5.32 Å². The number of carbonyl (C=O) groups is 2. The minimum absolute atomic E-state index is 0.213. The maximum Gasteiger partial charge on any atom is 0.319 e. The number of amides is 2. The second kappa shape index (κ2) is 6.99. The van der Waals surface area contributed by atoms with Crippen LogP contribution in [0, 0.1) is 5.92 Å². The average molecular weight is 284 g/mol. The summed E-state index contributed by atoms with van der Waals surface area (Å²) in [4.78, 5) is 22.7. The van der Waals surface area contributed by atoms with Gasteiger partial charge in [0, 0.05) is 10.7 Å². The maximum absolute atomic E-state index is 11.7. The van der Waals surface area contributed by atoms with E-state index >= 15 is 0 Å². The van der Waals surface area contributed by atoms with Gasteiger partial charge in [0.1, 0.15) is 0 Å². The van der Waals surface area contributed by atoms with E-state index in [9.17, 15) is 14.7 Å². The molecule has 104 valence electrons. The zero-order valence-electron chi connectivity index (χ0n) is 10.8. The van der Waals surface area contributed by atoms with E-state index in [-0.39, 0.29) is 5.92 Å². The molecule has 0 aliphatic carbocycles. The van der Waals surface area contributed by atoms with Crippen LogP contribution in [0.15, 0.2) is 24.3 Å². The quantitative estimate of drug-likeness (QED) is 0.862. The third-order valence-corrected chi connectivity index (χ3v) is 3.07. The number of nitrogens with one attached hydrogen (secondary N) is 2. The molecule has 0 aliphatic rings. The van der Waals surface area contributed by atoms with Crippen LogP contribution in [0.5, 0.6) is 0 Å². The van der Waals surface area contributed by atoms with Crippen LogP contribution >= 0.6 is 11.6 Å². The van der Waals surface area contributed by atoms with Gasteiger partial charge in [-0.25, -0.2) is 4.79 Å². The smallest absolute Gasteiger partial charge is 0.319 e. The number of anilines is 1. The predicted octanol–water partition coefficient (Wildman–Crippen LogP) is 1.63. The van der Waals surface area contributed by atoms with E-state index in [1.165, 1.54) is 0 Å². The first-order valence-corrected chi connectivity index (χ1v) is 6.35. The Bertz CT molecular complexity index is 465. The standard InChI is InChI=1S/C13H17ClN2O3/c1-3-8(2)11(12(17)18)16-13(19)15-10-6-4-5-9(14)7-10/h4-8,11H,3H2,1-2H3,(H,17,18)(H2,15,16,19)/p-1/t8-,11+/m1/s1. The van der Waals surface area contributed by atoms with Crippen molar-refractivity contribution >= 4 is 29.3 Å². The summed E-state index contributed by atoms with van der Waals surface area (Å²) in [5.74, 6) is -1.51. The third kappa shape index (κ3) is 4.79. The van der Waals surface area contributed by atoms with Crippen molar-refractivity contribution in [3.8, 4) is 0 Å². The summed E-state index contributed by atoms with van der Waals surface area (Å²) >= 11 is 5.78. The lowest BCUT2D eigenvalue weighted by atomic mass is 9.99. The highest BCUT2D eigenvalue weighted by Gasteiger charge is 2.19. The van der Waals surface area contributed by atoms with Gasteiger partial charge in [-0.05, 0) is 24.1 Å². The van der Waals surface area contributed by atoms with Crippen molar-refractivity contribution < 1.29 is 14.7 Å². The Morgan fingerprint density at radius 3 is 2.63 bits per heavy atom. The first kappa shape index (κ1) is 15.3. The molecule has 2 N–H and O–H groups in total. The fraction of sp³-hybridized carbons (Fsp3) is 0.385. The van der Waals surface area contributed by atoms with Gasteiger partial charge in [0.05, 0.1) is 12.0 Å². The largest absolute Gasteiger partial charge is 0.548 e. The second-order valence-corrected chi connectivity index (χ2v) is 4.73. The van der Waals surface area contributed by atoms with E-state index < -0.39 is 18.0 Å². The zero-order valence-corrected chi connectivity index (χ0v) is 11.5. The van der Waals surface area contributed by atoms with Crippen molar-refractivity contribution in [2.45, 2.75) is 26.3 Å². The van der Waals surface area contributed by atoms with Gasteiger partial charge < -0.3 is 20.5 Å². The lowest BCUT2D eigenvalue weighted by molar-refractivity contribution is -0.309. The third-order valence-electron chi connectivity index (χ3n) is 2.84. The van der Waals surface area contributed by atoms with Crippen molar-refractivity contribution in [1.29, 1.82) is 0 Å². The number of carboxylic acids is 1. The van der Waals surface area contributed by atoms with Crippen LogP contribution < -0.4 is 15.7 Å². The Balaban J connectivity index is 2.65. The van der Waals surface area contributed by atoms with Crippen LogP contribution in [0.1, 0.15) is 20.3 Å². The van der Waals surface area contributed by atoms with Gasteiger partial charge in [-0.3, -0.25) is 0 Å². The molecule has 0 radical (unpaired) electrons. The fourth-order valence-electron chi connectivity index (χ4n) is 1.54. The van der Waals surface area contributed by atoms with Crippen LogP contribution in [0.2, 0.25) is 5.02 Å². The molecule has 1 rings (SSSR count). The van der Waals surface area contributed by atoms with Crippen LogP contribution in [0.4, 0.5) is 10.5 Å². The predicted molar refractivity (Wildman–Crippen MR) is 71.9 cm³/mol. The molecule has 0 saturated heterocycles. The monoisotopic (exact) mass is 283 g/mol. The van der Waals surface area contributed by atoms with E-state index in [0.717, 1.165) is 0 Å². The lowest BCUT2D eigenvalue weighted by Crippen LogP contribution is -2.52. The highest BCUT2D eigenvalue weighted by atomic mass is 35.5. The summed E-state index contributed by atoms with van der Waals surface area (Å²) in [5, 5.41) is 16.4. The number of carbonyl (C=O) groups excluding carboxylic acids is 2. The number of aliphatic carboxylic acids is 1. The first-order chi connectivity index (χ1) is 8.93. The molecule has 6 heteroatoms. The van der Waals surface area contributed by atoms with Gasteiger partial charge in [0.15, 0.2) is 0 Å². The van der Waals surface area contributed by atoms with E-state index in [0.29, 0.717) is 17.1 Å². The Kier molecular flexibility index (Phi) is 5.63. The second-order valence-electron chi connectivity index (χ2n) is 4.29. The summed E-state index contributed by atoms with van der Waals surface area (Å²) in [6.07, 6.45) is 0.621. The number of hydrogen-bond donors (Lipinski definition) is 2. The molecule has 0 spiro atoms. The van der Waals surface area contributed by atoms with Crippen molar-refractivity contribution in [3.05, 3.63) is 29.3 Å². The van der Waals surface area contributed by atoms with Crippen molar-refractivity contribution in [3.63, 3.8) is 0 Å². The van der Waals surface area contributed by atoms with Gasteiger partial charge in [-0.2, -0.15) is 0 Å². The van der Waals surface area contributed by atoms with Crippen molar-refractivity contribution in [2.24, 2.45) is 5.92 Å². The van der Waals surface area contributed by atoms with Gasteiger partial charge in [-0.15, -0.1) is 0 Å². The molecule has 0 aromatic heterocycles. The van der Waals surface area contributed by atoms with E-state index in [4.69, 9.17) is 11.6 Å². The summed E-state index contributed by atoms with van der Waals surface area (Å²) in [5.41, 5.74) is 0.492. The molecule has 1 aromatic carbocycles. The molecule has 0 unspecified atom stereocenters. The van der Waals surface area contributed by atoms with Gasteiger partial charge in [-0.1, -0.05) is 37.9 Å². The van der Waals surface area contributed by atoms with E-state index in [2.05, 4.69) is 10.6 Å². The van der Waals surface area contributed by atoms with Crippen LogP contribution in [0.25, 0.3) is 0 Å². The molecule has 2 amide bonds. The number of carboxylic acid groups (broad SMARTS) is 1. The molecule has 19 heavy (non-hydrogen) atoms. The van der Waals surface area contributed by atoms with Crippen LogP contribution in [0.3, 0.4) is 0 Å². The molecule has 0 saturated carbocycles. The molecule has 0 bridgehead atoms. The minimum Gasteiger partial charge on any atom is -0.548 e. The molecular weight excluding hydrogens is 268 g/mol. The first-order valence-electron chi connectivity index (χ1n) is 5.98. The van der Waals surface area contributed by atoms with E-state index in [1.54, 1.807) is 31.2 Å². The molecule has 0 heterocycles. The maximum atomic E-state index is 11.7. The fourth-order valence-corrected chi connectivity index (χ4v) is 1.73. The number of halogens is 1. The van der Waals surface area contributed by atoms with Crippen LogP contribution in [-0.2, 0) is 4.79 Å². The molecular formula is C13H16ClN2O3-. The van der Waals surface area contributed by atoms with Gasteiger partial charge in [0.2, 0.25) is 0 Å². The number of benzene rings is 1. The summed E-state index contributed by atoms with van der Waals surface area (Å²) < 4.78 is 0. The van der Waals surface area contributed by atoms with Crippen molar-refractivity contribution in [2.75, 3.05) is 5.32 Å². The number of hydrogen-bond acceptors (Lipinski definition) is 3. The summed E-state index contributed by atoms with van der Waals surface area (Å²) in [6.45, 7) is 3.58. The lowest BCUT2D eigenvalue weighted by Gasteiger charge is -2.25. The SMILES string of the molecule is CC[C@@H](C)[C@H](NC(=O)Nc1cccc(Cl)c1)C(=O)[O-]. The molecule has 0 aliphatic heterocycles. The molecule has 0 fully saturated rings. The highest BCUT2D eigenvalue weighted by molar-refractivity contribution is 6.30. The Morgan fingerprint density at radius 1 is 1.42 bits per heavy atom. The minimum atomic E-state index is -1.30. The van der Waals surface area contributed by atoms with Gasteiger partial charge in [0.25, 0.3) is 0 Å². The summed E-state index contributed by atoms with van der Waals surface area (Å²) in [6, 6.07) is 4.96. The topological polar surface area (TPSA) is 81.3 Å². The summed E-state index contributed by atoms with van der Waals surface area (Å²) in [7, 11) is 0. The molecule has 1 aromatic rings. The Hall–Kier alpha value is -1.75. The highest BCUT2D eigenvalue weighted by Crippen LogP contribution is 2.15. The Labute approximate surface area is 117 Å². The molecule has 2 atom stereocenters. The molecule has 5 nitrogen and oxygen atoms in total. The van der Waals surface area contributed by atoms with Gasteiger partial charge >= 0.3 is 6.03 Å². The van der Waals surface area contributed by atoms with Crippen LogP contribution in [-0.4, -0.2) is 18.0 Å². The van der Waals surface area contributed by atoms with E-state index in [1.807, 2.05) is 6.92 Å². The number of urea groups is 1.